The summed E-state index contributed by atoms with van der Waals surface area (Å²) in [5, 5.41) is 6.63. The third kappa shape index (κ3) is 4.37. The number of nitrogens with one attached hydrogen (secondary N) is 1. The lowest BCUT2D eigenvalue weighted by Gasteiger charge is -2.21. The number of ether oxygens (including phenoxy) is 1. The van der Waals surface area contributed by atoms with Crippen LogP contribution in [-0.2, 0) is 11.4 Å². The lowest BCUT2D eigenvalue weighted by Crippen LogP contribution is -2.39. The second-order valence-electron chi connectivity index (χ2n) is 5.87. The van der Waals surface area contributed by atoms with Crippen molar-refractivity contribution in [3.8, 4) is 18.1 Å². The van der Waals surface area contributed by atoms with Gasteiger partial charge >= 0.3 is 0 Å². The molecule has 2 aromatic rings. The normalized spacial score (nSPS) is 17.2. The minimum Gasteiger partial charge on any atom is -0.484 e. The molecule has 1 atom stereocenters. The molecule has 130 valence electrons. The molecule has 1 amide bonds. The Morgan fingerprint density at radius 1 is 1.48 bits per heavy atom. The van der Waals surface area contributed by atoms with Gasteiger partial charge in [0.1, 0.15) is 5.75 Å². The van der Waals surface area contributed by atoms with Crippen molar-refractivity contribution in [3.63, 3.8) is 0 Å². The molecule has 7 nitrogen and oxygen atoms in total. The highest BCUT2D eigenvalue weighted by Gasteiger charge is 2.29. The number of hydrogen-bond acceptors (Lipinski definition) is 6. The van der Waals surface area contributed by atoms with E-state index in [0.29, 0.717) is 24.0 Å². The molecule has 0 radical (unpaired) electrons. The number of terminal acetylenes is 1. The number of aryl methyl sites for hydroxylation is 1. The molecule has 0 bridgehead atoms. The first-order chi connectivity index (χ1) is 12.2. The number of amides is 1. The molecule has 0 saturated carbocycles. The fourth-order valence-electron chi connectivity index (χ4n) is 2.83. The highest BCUT2D eigenvalue weighted by atomic mass is 16.5. The van der Waals surface area contributed by atoms with Crippen molar-refractivity contribution in [2.24, 2.45) is 0 Å². The van der Waals surface area contributed by atoms with E-state index < -0.39 is 0 Å². The first-order valence-electron chi connectivity index (χ1n) is 8.16. The Hall–Kier alpha value is -2.85. The van der Waals surface area contributed by atoms with E-state index in [4.69, 9.17) is 15.7 Å². The second-order valence-corrected chi connectivity index (χ2v) is 5.87. The maximum atomic E-state index is 12.4. The van der Waals surface area contributed by atoms with Crippen LogP contribution in [0.25, 0.3) is 0 Å². The number of anilines is 1. The molecular formula is C18H20N4O3. The van der Waals surface area contributed by atoms with Crippen molar-refractivity contribution in [3.05, 3.63) is 36.0 Å². The van der Waals surface area contributed by atoms with Crippen LogP contribution < -0.4 is 10.1 Å². The van der Waals surface area contributed by atoms with Crippen LogP contribution in [0.5, 0.6) is 5.75 Å². The van der Waals surface area contributed by atoms with E-state index >= 15 is 0 Å². The average molecular weight is 340 g/mol. The van der Waals surface area contributed by atoms with Gasteiger partial charge in [-0.05, 0) is 50.6 Å². The van der Waals surface area contributed by atoms with Crippen molar-refractivity contribution < 1.29 is 14.1 Å². The summed E-state index contributed by atoms with van der Waals surface area (Å²) in [6, 6.07) is 7.01. The predicted octanol–water partition coefficient (Wildman–Crippen LogP) is 1.99. The number of likely N-dealkylation sites (tertiary alicyclic amines) is 1. The maximum absolute atomic E-state index is 12.4. The smallest absolute Gasteiger partial charge is 0.264 e. The van der Waals surface area contributed by atoms with Gasteiger partial charge in [-0.1, -0.05) is 11.1 Å². The minimum atomic E-state index is -0.159. The Balaban J connectivity index is 1.53. The van der Waals surface area contributed by atoms with Crippen molar-refractivity contribution in [2.45, 2.75) is 32.4 Å². The predicted molar refractivity (Wildman–Crippen MR) is 91.9 cm³/mol. The molecule has 2 heterocycles. The van der Waals surface area contributed by atoms with Gasteiger partial charge < -0.3 is 14.6 Å². The quantitative estimate of drug-likeness (QED) is 0.810. The lowest BCUT2D eigenvalue weighted by molar-refractivity contribution is -0.120. The fraction of sp³-hybridized carbons (Fsp3) is 0.389. The molecule has 0 aliphatic carbocycles. The van der Waals surface area contributed by atoms with Gasteiger partial charge in [-0.2, -0.15) is 4.98 Å². The zero-order valence-electron chi connectivity index (χ0n) is 14.1. The number of rotatable bonds is 6. The Morgan fingerprint density at radius 2 is 2.28 bits per heavy atom. The highest BCUT2D eigenvalue weighted by Crippen LogP contribution is 2.20. The third-order valence-electron chi connectivity index (χ3n) is 4.01. The van der Waals surface area contributed by atoms with Gasteiger partial charge in [0.05, 0.1) is 12.6 Å². The standard InChI is InChI=1S/C18H20N4O3/c1-3-10-22-11-4-5-16(22)18(23)20-14-6-8-15(9-7-14)24-12-17-19-13(2)21-25-17/h1,6-9,16H,4-5,10-12H2,2H3,(H,20,23)/t16-/m0/s1. The molecule has 1 aromatic heterocycles. The topological polar surface area (TPSA) is 80.5 Å². The molecule has 1 aromatic carbocycles. The number of aromatic nitrogens is 2. The lowest BCUT2D eigenvalue weighted by atomic mass is 10.2. The highest BCUT2D eigenvalue weighted by molar-refractivity contribution is 5.95. The summed E-state index contributed by atoms with van der Waals surface area (Å²) in [6.45, 7) is 3.32. The van der Waals surface area contributed by atoms with E-state index in [1.165, 1.54) is 0 Å². The van der Waals surface area contributed by atoms with E-state index in [1.54, 1.807) is 31.2 Å². The van der Waals surface area contributed by atoms with E-state index in [0.717, 1.165) is 25.1 Å². The van der Waals surface area contributed by atoms with Crippen LogP contribution in [-0.4, -0.2) is 40.1 Å². The molecule has 0 spiro atoms. The van der Waals surface area contributed by atoms with E-state index in [1.807, 2.05) is 4.90 Å². The summed E-state index contributed by atoms with van der Waals surface area (Å²) in [4.78, 5) is 18.5. The average Bonchev–Trinajstić information content (AvgIpc) is 3.23. The van der Waals surface area contributed by atoms with Gasteiger partial charge in [0.15, 0.2) is 12.4 Å². The van der Waals surface area contributed by atoms with Crippen molar-refractivity contribution >= 4 is 11.6 Å². The second kappa shape index (κ2) is 7.81. The molecule has 1 N–H and O–H groups in total. The van der Waals surface area contributed by atoms with Crippen LogP contribution in [0.15, 0.2) is 28.8 Å². The molecule has 1 aliphatic heterocycles. The monoisotopic (exact) mass is 340 g/mol. The molecule has 25 heavy (non-hydrogen) atoms. The molecular weight excluding hydrogens is 320 g/mol. The van der Waals surface area contributed by atoms with E-state index in [2.05, 4.69) is 21.4 Å². The number of hydrogen-bond donors (Lipinski definition) is 1. The molecule has 1 saturated heterocycles. The third-order valence-corrected chi connectivity index (χ3v) is 4.01. The summed E-state index contributed by atoms with van der Waals surface area (Å²) in [6.07, 6.45) is 7.18. The summed E-state index contributed by atoms with van der Waals surface area (Å²) < 4.78 is 10.6. The number of carbonyl (C=O) groups is 1. The van der Waals surface area contributed by atoms with Crippen LogP contribution in [0.2, 0.25) is 0 Å². The molecule has 0 unspecified atom stereocenters. The van der Waals surface area contributed by atoms with Crippen molar-refractivity contribution in [1.82, 2.24) is 15.0 Å². The van der Waals surface area contributed by atoms with Gasteiger partial charge in [0.25, 0.3) is 5.89 Å². The molecule has 7 heteroatoms. The fourth-order valence-corrected chi connectivity index (χ4v) is 2.83. The Morgan fingerprint density at radius 3 is 2.96 bits per heavy atom. The Bertz CT molecular complexity index is 763. The van der Waals surface area contributed by atoms with Gasteiger partial charge in [0, 0.05) is 5.69 Å². The van der Waals surface area contributed by atoms with E-state index in [9.17, 15) is 4.79 Å². The maximum Gasteiger partial charge on any atom is 0.264 e. The zero-order chi connectivity index (χ0) is 17.6. The van der Waals surface area contributed by atoms with Crippen LogP contribution in [0.4, 0.5) is 5.69 Å². The summed E-state index contributed by atoms with van der Waals surface area (Å²) >= 11 is 0. The number of benzene rings is 1. The zero-order valence-corrected chi connectivity index (χ0v) is 14.1. The first-order valence-corrected chi connectivity index (χ1v) is 8.16. The van der Waals surface area contributed by atoms with Crippen LogP contribution in [0.3, 0.4) is 0 Å². The number of nitrogens with zero attached hydrogens (tertiary/aromatic N) is 3. The van der Waals surface area contributed by atoms with Crippen molar-refractivity contribution in [1.29, 1.82) is 0 Å². The van der Waals surface area contributed by atoms with Crippen LogP contribution in [0.1, 0.15) is 24.6 Å². The van der Waals surface area contributed by atoms with Crippen LogP contribution in [0, 0.1) is 19.3 Å². The SMILES string of the molecule is C#CCN1CCC[C@H]1C(=O)Nc1ccc(OCc2nc(C)no2)cc1. The molecule has 3 rings (SSSR count). The first kappa shape index (κ1) is 17.0. The van der Waals surface area contributed by atoms with Gasteiger partial charge in [-0.3, -0.25) is 9.69 Å². The number of carbonyl (C=O) groups excluding carboxylic acids is 1. The minimum absolute atomic E-state index is 0.0252. The van der Waals surface area contributed by atoms with Crippen LogP contribution >= 0.6 is 0 Å². The largest absolute Gasteiger partial charge is 0.484 e. The van der Waals surface area contributed by atoms with Gasteiger partial charge in [0.2, 0.25) is 5.91 Å². The Kier molecular flexibility index (Phi) is 5.31. The van der Waals surface area contributed by atoms with E-state index in [-0.39, 0.29) is 18.6 Å². The van der Waals surface area contributed by atoms with Gasteiger partial charge in [-0.25, -0.2) is 0 Å². The molecule has 1 fully saturated rings. The van der Waals surface area contributed by atoms with Crippen molar-refractivity contribution in [2.75, 3.05) is 18.4 Å². The summed E-state index contributed by atoms with van der Waals surface area (Å²) in [7, 11) is 0. The molecule has 1 aliphatic rings. The summed E-state index contributed by atoms with van der Waals surface area (Å²) in [5.41, 5.74) is 0.721. The Labute approximate surface area is 146 Å². The summed E-state index contributed by atoms with van der Waals surface area (Å²) in [5.74, 6) is 4.23. The van der Waals surface area contributed by atoms with Gasteiger partial charge in [-0.15, -0.1) is 6.42 Å².